The zero-order valence-corrected chi connectivity index (χ0v) is 13.0. The maximum atomic E-state index is 12.1. The van der Waals surface area contributed by atoms with Crippen LogP contribution in [-0.4, -0.2) is 18.4 Å². The zero-order valence-electron chi connectivity index (χ0n) is 10.6. The smallest absolute Gasteiger partial charge is 0.263 e. The van der Waals surface area contributed by atoms with Crippen molar-refractivity contribution < 1.29 is 9.59 Å². The molecule has 5 nitrogen and oxygen atoms in total. The van der Waals surface area contributed by atoms with Crippen LogP contribution in [0, 0.1) is 0 Å². The molecule has 1 aromatic carbocycles. The van der Waals surface area contributed by atoms with Gasteiger partial charge in [0.15, 0.2) is 0 Å². The van der Waals surface area contributed by atoms with Crippen LogP contribution in [0.3, 0.4) is 0 Å². The van der Waals surface area contributed by atoms with Crippen molar-refractivity contribution in [2.45, 2.75) is 12.8 Å². The maximum Gasteiger partial charge on any atom is 0.263 e. The number of thiophene rings is 1. The second kappa shape index (κ2) is 6.23. The Hall–Kier alpha value is -1.60. The van der Waals surface area contributed by atoms with Gasteiger partial charge >= 0.3 is 0 Å². The molecule has 7 heteroatoms. The molecule has 0 aliphatic heterocycles. The lowest BCUT2D eigenvalue weighted by Crippen LogP contribution is -2.25. The van der Waals surface area contributed by atoms with Crippen molar-refractivity contribution in [1.29, 1.82) is 0 Å². The molecule has 0 fully saturated rings. The summed E-state index contributed by atoms with van der Waals surface area (Å²) in [6.45, 7) is 0.402. The summed E-state index contributed by atoms with van der Waals surface area (Å²) in [7, 11) is 0. The zero-order chi connectivity index (χ0) is 14.7. The molecule has 2 rings (SSSR count). The van der Waals surface area contributed by atoms with Gasteiger partial charge < -0.3 is 16.8 Å². The molecule has 0 aliphatic rings. The average Bonchev–Trinajstić information content (AvgIpc) is 2.72. The average molecular weight is 356 g/mol. The van der Waals surface area contributed by atoms with Crippen molar-refractivity contribution in [2.24, 2.45) is 5.73 Å². The first-order valence-corrected chi connectivity index (χ1v) is 7.64. The molecule has 0 saturated heterocycles. The van der Waals surface area contributed by atoms with Crippen LogP contribution in [-0.2, 0) is 4.79 Å². The van der Waals surface area contributed by atoms with Gasteiger partial charge in [-0.25, -0.2) is 0 Å². The first kappa shape index (κ1) is 14.8. The van der Waals surface area contributed by atoms with Gasteiger partial charge in [-0.05, 0) is 24.6 Å². The molecule has 20 heavy (non-hydrogen) atoms. The standard InChI is InChI=1S/C13H14BrN3O2S/c14-7-3-4-9-8(6-7)11(16)12(20-9)13(19)17-5-1-2-10(15)18/h3-4,6H,1-2,5,16H2,(H2,15,18)(H,17,19). The Morgan fingerprint density at radius 3 is 2.80 bits per heavy atom. The molecule has 0 bridgehead atoms. The Bertz CT molecular complexity index is 669. The molecule has 2 aromatic rings. The van der Waals surface area contributed by atoms with E-state index in [2.05, 4.69) is 21.2 Å². The van der Waals surface area contributed by atoms with Crippen LogP contribution in [0.1, 0.15) is 22.5 Å². The van der Waals surface area contributed by atoms with E-state index in [9.17, 15) is 9.59 Å². The molecule has 5 N–H and O–H groups in total. The Morgan fingerprint density at radius 2 is 2.10 bits per heavy atom. The van der Waals surface area contributed by atoms with Crippen molar-refractivity contribution in [3.05, 3.63) is 27.5 Å². The molecule has 0 radical (unpaired) electrons. The molecular weight excluding hydrogens is 342 g/mol. The van der Waals surface area contributed by atoms with Crippen LogP contribution in [0.25, 0.3) is 10.1 Å². The molecular formula is C13H14BrN3O2S. The first-order chi connectivity index (χ1) is 9.49. The number of nitrogen functional groups attached to an aromatic ring is 1. The predicted molar refractivity (Wildman–Crippen MR) is 84.7 cm³/mol. The second-order valence-corrected chi connectivity index (χ2v) is 6.28. The van der Waals surface area contributed by atoms with Crippen molar-refractivity contribution >= 4 is 54.9 Å². The number of hydrogen-bond acceptors (Lipinski definition) is 4. The van der Waals surface area contributed by atoms with Gasteiger partial charge in [-0.1, -0.05) is 15.9 Å². The summed E-state index contributed by atoms with van der Waals surface area (Å²) < 4.78 is 1.89. The second-order valence-electron chi connectivity index (χ2n) is 4.31. The fourth-order valence-electron chi connectivity index (χ4n) is 1.80. The van der Waals surface area contributed by atoms with Crippen LogP contribution in [0.4, 0.5) is 5.69 Å². The number of nitrogens with one attached hydrogen (secondary N) is 1. The number of carbonyl (C=O) groups excluding carboxylic acids is 2. The van der Waals surface area contributed by atoms with Crippen LogP contribution >= 0.6 is 27.3 Å². The third kappa shape index (κ3) is 3.29. The number of anilines is 1. The van der Waals surface area contributed by atoms with Crippen molar-refractivity contribution in [3.8, 4) is 0 Å². The number of hydrogen-bond donors (Lipinski definition) is 3. The highest BCUT2D eigenvalue weighted by atomic mass is 79.9. The van der Waals surface area contributed by atoms with Crippen LogP contribution in [0.15, 0.2) is 22.7 Å². The van der Waals surface area contributed by atoms with E-state index in [1.165, 1.54) is 11.3 Å². The number of amides is 2. The van der Waals surface area contributed by atoms with Gasteiger partial charge in [0.05, 0.1) is 5.69 Å². The number of nitrogens with two attached hydrogens (primary N) is 2. The Balaban J connectivity index is 2.10. The van der Waals surface area contributed by atoms with Crippen LogP contribution < -0.4 is 16.8 Å². The van der Waals surface area contributed by atoms with Gasteiger partial charge in [0.2, 0.25) is 5.91 Å². The Labute approximate surface area is 128 Å². The van der Waals surface area contributed by atoms with E-state index in [1.54, 1.807) is 0 Å². The molecule has 1 heterocycles. The monoisotopic (exact) mass is 355 g/mol. The number of primary amides is 1. The van der Waals surface area contributed by atoms with Crippen LogP contribution in [0.5, 0.6) is 0 Å². The van der Waals surface area contributed by atoms with Gasteiger partial charge in [-0.2, -0.15) is 0 Å². The van der Waals surface area contributed by atoms with E-state index < -0.39 is 0 Å². The van der Waals surface area contributed by atoms with E-state index in [1.807, 2.05) is 18.2 Å². The normalized spacial score (nSPS) is 10.7. The van der Waals surface area contributed by atoms with E-state index in [0.717, 1.165) is 14.6 Å². The minimum Gasteiger partial charge on any atom is -0.397 e. The lowest BCUT2D eigenvalue weighted by atomic mass is 10.2. The maximum absolute atomic E-state index is 12.1. The number of fused-ring (bicyclic) bond motifs is 1. The largest absolute Gasteiger partial charge is 0.397 e. The summed E-state index contributed by atoms with van der Waals surface area (Å²) in [6, 6.07) is 5.72. The minimum absolute atomic E-state index is 0.218. The van der Waals surface area contributed by atoms with Crippen molar-refractivity contribution in [3.63, 3.8) is 0 Å². The predicted octanol–water partition coefficient (Wildman–Crippen LogP) is 2.24. The Morgan fingerprint density at radius 1 is 1.35 bits per heavy atom. The van der Waals surface area contributed by atoms with Crippen molar-refractivity contribution in [1.82, 2.24) is 5.32 Å². The number of rotatable bonds is 5. The van der Waals surface area contributed by atoms with Gasteiger partial charge in [-0.15, -0.1) is 11.3 Å². The highest BCUT2D eigenvalue weighted by Gasteiger charge is 2.16. The molecule has 1 aromatic heterocycles. The molecule has 0 atom stereocenters. The summed E-state index contributed by atoms with van der Waals surface area (Å²) in [5.74, 6) is -0.588. The molecule has 0 spiro atoms. The number of benzene rings is 1. The highest BCUT2D eigenvalue weighted by molar-refractivity contribution is 9.10. The lowest BCUT2D eigenvalue weighted by molar-refractivity contribution is -0.118. The number of halogens is 1. The van der Waals surface area contributed by atoms with Crippen molar-refractivity contribution in [2.75, 3.05) is 12.3 Å². The highest BCUT2D eigenvalue weighted by Crippen LogP contribution is 2.35. The van der Waals surface area contributed by atoms with Crippen LogP contribution in [0.2, 0.25) is 0 Å². The minimum atomic E-state index is -0.370. The Kier molecular flexibility index (Phi) is 4.61. The topological polar surface area (TPSA) is 98.2 Å². The van der Waals surface area contributed by atoms with Gasteiger partial charge in [0, 0.05) is 27.5 Å². The molecule has 0 unspecified atom stereocenters. The summed E-state index contributed by atoms with van der Waals surface area (Å²) in [4.78, 5) is 23.2. The van der Waals surface area contributed by atoms with Gasteiger partial charge in [0.25, 0.3) is 5.91 Å². The summed E-state index contributed by atoms with van der Waals surface area (Å²) in [5.41, 5.74) is 11.5. The third-order valence-corrected chi connectivity index (χ3v) is 4.46. The molecule has 0 saturated carbocycles. The summed E-state index contributed by atoms with van der Waals surface area (Å²) in [5, 5.41) is 3.61. The molecule has 2 amide bonds. The fraction of sp³-hybridized carbons (Fsp3) is 0.231. The lowest BCUT2D eigenvalue weighted by Gasteiger charge is -2.03. The molecule has 106 valence electrons. The van der Waals surface area contributed by atoms with E-state index in [4.69, 9.17) is 11.5 Å². The fourth-order valence-corrected chi connectivity index (χ4v) is 3.18. The number of carbonyl (C=O) groups is 2. The first-order valence-electron chi connectivity index (χ1n) is 6.03. The SMILES string of the molecule is NC(=O)CCCNC(=O)c1sc2ccc(Br)cc2c1N. The summed E-state index contributed by atoms with van der Waals surface area (Å²) in [6.07, 6.45) is 0.784. The quantitative estimate of drug-likeness (QED) is 0.717. The third-order valence-electron chi connectivity index (χ3n) is 2.78. The van der Waals surface area contributed by atoms with Gasteiger partial charge in [0.1, 0.15) is 4.88 Å². The van der Waals surface area contributed by atoms with E-state index in [-0.39, 0.29) is 18.2 Å². The van der Waals surface area contributed by atoms with E-state index in [0.29, 0.717) is 23.5 Å². The summed E-state index contributed by atoms with van der Waals surface area (Å²) >= 11 is 4.74. The van der Waals surface area contributed by atoms with E-state index >= 15 is 0 Å². The molecule has 0 aliphatic carbocycles. The van der Waals surface area contributed by atoms with Gasteiger partial charge in [-0.3, -0.25) is 9.59 Å².